The smallest absolute Gasteiger partial charge is 0.187 e. The van der Waals surface area contributed by atoms with Crippen LogP contribution < -0.4 is 0 Å². The highest BCUT2D eigenvalue weighted by atomic mass is 16.7. The van der Waals surface area contributed by atoms with Gasteiger partial charge in [-0.3, -0.25) is 0 Å². The van der Waals surface area contributed by atoms with Crippen molar-refractivity contribution in [2.24, 2.45) is 0 Å². The number of hydrogen-bond acceptors (Lipinski definition) is 6. The van der Waals surface area contributed by atoms with Gasteiger partial charge in [0.2, 0.25) is 0 Å². The predicted molar refractivity (Wildman–Crippen MR) is 64.0 cm³/mol. The van der Waals surface area contributed by atoms with E-state index in [9.17, 15) is 10.2 Å². The zero-order valence-electron chi connectivity index (χ0n) is 11.3. The molecule has 0 amide bonds. The molecule has 0 aromatic carbocycles. The van der Waals surface area contributed by atoms with Crippen LogP contribution in [0.25, 0.3) is 0 Å². The lowest BCUT2D eigenvalue weighted by atomic mass is 9.99. The molecule has 1 rings (SSSR count). The molecule has 3 N–H and O–H groups in total. The number of hydrogen-bond donors (Lipinski definition) is 3. The molecule has 1 saturated heterocycles. The van der Waals surface area contributed by atoms with E-state index in [1.807, 2.05) is 27.7 Å². The molecule has 0 bridgehead atoms. The molecule has 0 saturated carbocycles. The van der Waals surface area contributed by atoms with Gasteiger partial charge in [-0.05, 0) is 27.7 Å². The van der Waals surface area contributed by atoms with E-state index in [1.165, 1.54) is 0 Å². The fraction of sp³-hybridized carbons (Fsp3) is 1.00. The van der Waals surface area contributed by atoms with E-state index in [4.69, 9.17) is 19.3 Å². The van der Waals surface area contributed by atoms with Gasteiger partial charge in [-0.1, -0.05) is 0 Å². The summed E-state index contributed by atoms with van der Waals surface area (Å²) in [4.78, 5) is 0. The zero-order chi connectivity index (χ0) is 13.9. The van der Waals surface area contributed by atoms with Gasteiger partial charge in [0.1, 0.15) is 24.4 Å². The van der Waals surface area contributed by atoms with E-state index in [0.29, 0.717) is 0 Å². The Balaban J connectivity index is 2.79. The Kier molecular flexibility index (Phi) is 5.97. The first kappa shape index (κ1) is 15.8. The summed E-state index contributed by atoms with van der Waals surface area (Å²) < 4.78 is 16.5. The predicted octanol–water partition coefficient (Wildman–Crippen LogP) is -0.356. The van der Waals surface area contributed by atoms with Gasteiger partial charge in [-0.15, -0.1) is 0 Å². The van der Waals surface area contributed by atoms with Gasteiger partial charge < -0.3 is 29.5 Å². The minimum absolute atomic E-state index is 0.116. The maximum Gasteiger partial charge on any atom is 0.187 e. The molecule has 0 radical (unpaired) electrons. The van der Waals surface area contributed by atoms with E-state index in [-0.39, 0.29) is 18.8 Å². The summed E-state index contributed by atoms with van der Waals surface area (Å²) in [5, 5.41) is 28.9. The number of aliphatic hydroxyl groups excluding tert-OH is 3. The second-order valence-corrected chi connectivity index (χ2v) is 5.04. The van der Waals surface area contributed by atoms with E-state index >= 15 is 0 Å². The van der Waals surface area contributed by atoms with Gasteiger partial charge in [-0.2, -0.15) is 0 Å². The largest absolute Gasteiger partial charge is 0.394 e. The molecular weight excluding hydrogens is 240 g/mol. The summed E-state index contributed by atoms with van der Waals surface area (Å²) in [6.07, 6.45) is -5.03. The van der Waals surface area contributed by atoms with Crippen molar-refractivity contribution < 1.29 is 29.5 Å². The van der Waals surface area contributed by atoms with Gasteiger partial charge in [0.15, 0.2) is 6.29 Å². The topological polar surface area (TPSA) is 88.4 Å². The molecule has 0 aliphatic carbocycles. The summed E-state index contributed by atoms with van der Waals surface area (Å²) >= 11 is 0. The van der Waals surface area contributed by atoms with Gasteiger partial charge in [0, 0.05) is 0 Å². The second kappa shape index (κ2) is 6.79. The van der Waals surface area contributed by atoms with Crippen molar-refractivity contribution in [3.63, 3.8) is 0 Å². The summed E-state index contributed by atoms with van der Waals surface area (Å²) in [5.74, 6) is 0. The number of rotatable bonds is 5. The van der Waals surface area contributed by atoms with Crippen molar-refractivity contribution in [3.05, 3.63) is 0 Å². The lowest BCUT2D eigenvalue weighted by molar-refractivity contribution is -0.321. The Morgan fingerprint density at radius 3 is 2.00 bits per heavy atom. The molecule has 1 fully saturated rings. The third-order valence-electron chi connectivity index (χ3n) is 2.66. The van der Waals surface area contributed by atoms with Crippen molar-refractivity contribution in [1.82, 2.24) is 0 Å². The van der Waals surface area contributed by atoms with Crippen LogP contribution in [0.3, 0.4) is 0 Å². The molecule has 6 nitrogen and oxygen atoms in total. The van der Waals surface area contributed by atoms with Crippen molar-refractivity contribution in [3.8, 4) is 0 Å². The number of ether oxygens (including phenoxy) is 3. The fourth-order valence-electron chi connectivity index (χ4n) is 1.89. The molecule has 0 aromatic heterocycles. The Bertz CT molecular complexity index is 245. The van der Waals surface area contributed by atoms with Gasteiger partial charge in [-0.25, -0.2) is 0 Å². The van der Waals surface area contributed by atoms with Crippen molar-refractivity contribution in [1.29, 1.82) is 0 Å². The quantitative estimate of drug-likeness (QED) is 0.629. The zero-order valence-corrected chi connectivity index (χ0v) is 11.3. The first-order valence-electron chi connectivity index (χ1n) is 6.30. The molecule has 1 aliphatic rings. The molecule has 1 heterocycles. The lowest BCUT2D eigenvalue weighted by Gasteiger charge is -2.42. The van der Waals surface area contributed by atoms with E-state index < -0.39 is 30.7 Å². The molecular formula is C12H24O6. The van der Waals surface area contributed by atoms with Crippen LogP contribution in [0.2, 0.25) is 0 Å². The maximum atomic E-state index is 10.0. The molecule has 5 atom stereocenters. The lowest BCUT2D eigenvalue weighted by Crippen LogP contribution is -2.60. The van der Waals surface area contributed by atoms with Crippen molar-refractivity contribution in [2.45, 2.75) is 70.6 Å². The highest BCUT2D eigenvalue weighted by molar-refractivity contribution is 4.90. The van der Waals surface area contributed by atoms with Gasteiger partial charge >= 0.3 is 0 Å². The molecule has 6 heteroatoms. The first-order chi connectivity index (χ1) is 8.36. The standard InChI is InChI=1S/C12H24O6/c1-6(2)16-11-10(15)9(14)8(5-13)18-12(11)17-7(3)4/h6-15H,5H2,1-4H3/t8-,9-,10+,11-,12-/m0/s1. The van der Waals surface area contributed by atoms with Crippen LogP contribution in [0.1, 0.15) is 27.7 Å². The Morgan fingerprint density at radius 1 is 1.00 bits per heavy atom. The molecule has 18 heavy (non-hydrogen) atoms. The van der Waals surface area contributed by atoms with Crippen LogP contribution in [-0.4, -0.2) is 64.8 Å². The average molecular weight is 264 g/mol. The molecule has 108 valence electrons. The minimum Gasteiger partial charge on any atom is -0.394 e. The fourth-order valence-corrected chi connectivity index (χ4v) is 1.89. The summed E-state index contributed by atoms with van der Waals surface area (Å²) in [6, 6.07) is 0. The normalized spacial score (nSPS) is 37.5. The highest BCUT2D eigenvalue weighted by Gasteiger charge is 2.46. The average Bonchev–Trinajstić information content (AvgIpc) is 2.27. The molecule has 0 unspecified atom stereocenters. The Labute approximate surface area is 107 Å². The molecule has 0 spiro atoms. The third kappa shape index (κ3) is 3.88. The summed E-state index contributed by atoms with van der Waals surface area (Å²) in [7, 11) is 0. The van der Waals surface area contributed by atoms with Crippen LogP contribution in [0.15, 0.2) is 0 Å². The summed E-state index contributed by atoms with van der Waals surface area (Å²) in [5.41, 5.74) is 0. The van der Waals surface area contributed by atoms with E-state index in [1.54, 1.807) is 0 Å². The van der Waals surface area contributed by atoms with E-state index in [0.717, 1.165) is 0 Å². The summed E-state index contributed by atoms with van der Waals surface area (Å²) in [6.45, 7) is 6.93. The van der Waals surface area contributed by atoms with E-state index in [2.05, 4.69) is 0 Å². The van der Waals surface area contributed by atoms with Crippen LogP contribution in [-0.2, 0) is 14.2 Å². The first-order valence-corrected chi connectivity index (χ1v) is 6.30. The maximum absolute atomic E-state index is 10.0. The highest BCUT2D eigenvalue weighted by Crippen LogP contribution is 2.26. The molecule has 0 aromatic rings. The van der Waals surface area contributed by atoms with Crippen LogP contribution in [0, 0.1) is 0 Å². The van der Waals surface area contributed by atoms with Crippen LogP contribution >= 0.6 is 0 Å². The van der Waals surface area contributed by atoms with Crippen molar-refractivity contribution >= 4 is 0 Å². The van der Waals surface area contributed by atoms with Crippen LogP contribution in [0.4, 0.5) is 0 Å². The monoisotopic (exact) mass is 264 g/mol. The second-order valence-electron chi connectivity index (χ2n) is 5.04. The Hall–Kier alpha value is -0.240. The minimum atomic E-state index is -1.19. The van der Waals surface area contributed by atoms with Crippen LogP contribution in [0.5, 0.6) is 0 Å². The van der Waals surface area contributed by atoms with Gasteiger partial charge in [0.05, 0.1) is 18.8 Å². The number of aliphatic hydroxyl groups is 3. The van der Waals surface area contributed by atoms with Gasteiger partial charge in [0.25, 0.3) is 0 Å². The Morgan fingerprint density at radius 2 is 1.56 bits per heavy atom. The van der Waals surface area contributed by atoms with Crippen molar-refractivity contribution in [2.75, 3.05) is 6.61 Å². The SMILES string of the molecule is CC(C)O[C@H]1O[C@@H](CO)[C@H](O)[C@@H](O)[C@@H]1OC(C)C. The molecule has 1 aliphatic heterocycles. The third-order valence-corrected chi connectivity index (χ3v) is 2.66.